The normalized spacial score (nSPS) is 24.2. The predicted molar refractivity (Wildman–Crippen MR) is 75.9 cm³/mol. The number of hydrogen-bond acceptors (Lipinski definition) is 2. The second kappa shape index (κ2) is 6.21. The molecular weight excluding hydrogens is 301 g/mol. The average Bonchev–Trinajstić information content (AvgIpc) is 2.78. The van der Waals surface area contributed by atoms with E-state index < -0.39 is 0 Å². The lowest BCUT2D eigenvalue weighted by atomic mass is 10.2. The lowest BCUT2D eigenvalue weighted by Gasteiger charge is -2.19. The molecule has 0 amide bonds. The molecule has 1 saturated carbocycles. The molecule has 1 aromatic carbocycles. The zero-order valence-corrected chi connectivity index (χ0v) is 12.3. The van der Waals surface area contributed by atoms with Crippen LogP contribution in [0.25, 0.3) is 0 Å². The minimum Gasteiger partial charge on any atom is -0.309 e. The smallest absolute Gasteiger partial charge is 0.137 e. The van der Waals surface area contributed by atoms with E-state index in [4.69, 9.17) is 0 Å². The first kappa shape index (κ1) is 13.4. The van der Waals surface area contributed by atoms with E-state index in [0.29, 0.717) is 10.5 Å². The van der Waals surface area contributed by atoms with Crippen molar-refractivity contribution in [3.05, 3.63) is 34.1 Å². The van der Waals surface area contributed by atoms with Crippen LogP contribution in [0.4, 0.5) is 4.39 Å². The van der Waals surface area contributed by atoms with Gasteiger partial charge in [0.2, 0.25) is 0 Å². The van der Waals surface area contributed by atoms with Crippen LogP contribution in [0, 0.1) is 5.82 Å². The third-order valence-corrected chi connectivity index (χ3v) is 5.09. The van der Waals surface area contributed by atoms with Gasteiger partial charge < -0.3 is 5.32 Å². The van der Waals surface area contributed by atoms with Crippen LogP contribution in [0.15, 0.2) is 22.7 Å². The van der Waals surface area contributed by atoms with Crippen molar-refractivity contribution < 1.29 is 4.39 Å². The molecule has 0 spiro atoms. The predicted octanol–water partition coefficient (Wildman–Crippen LogP) is 3.96. The molecule has 17 heavy (non-hydrogen) atoms. The summed E-state index contributed by atoms with van der Waals surface area (Å²) in [6.45, 7) is 0.820. The monoisotopic (exact) mass is 317 g/mol. The fourth-order valence-electron chi connectivity index (χ4n) is 2.34. The van der Waals surface area contributed by atoms with E-state index in [1.54, 1.807) is 0 Å². The Morgan fingerprint density at radius 3 is 3.00 bits per heavy atom. The zero-order chi connectivity index (χ0) is 12.3. The molecule has 0 saturated heterocycles. The maximum atomic E-state index is 13.1. The van der Waals surface area contributed by atoms with Crippen molar-refractivity contribution in [2.45, 2.75) is 37.1 Å². The molecule has 0 heterocycles. The molecule has 4 heteroatoms. The van der Waals surface area contributed by atoms with Gasteiger partial charge in [0.25, 0.3) is 0 Å². The van der Waals surface area contributed by atoms with Gasteiger partial charge in [-0.05, 0) is 52.7 Å². The Kier molecular flexibility index (Phi) is 4.88. The minimum absolute atomic E-state index is 0.198. The Bertz CT molecular complexity index is 386. The molecule has 1 aliphatic carbocycles. The molecule has 2 unspecified atom stereocenters. The minimum atomic E-state index is -0.198. The molecule has 0 radical (unpaired) electrons. The molecule has 1 aromatic rings. The molecule has 0 aromatic heterocycles. The van der Waals surface area contributed by atoms with E-state index in [-0.39, 0.29) is 5.82 Å². The van der Waals surface area contributed by atoms with Crippen molar-refractivity contribution in [2.24, 2.45) is 0 Å². The quantitative estimate of drug-likeness (QED) is 0.902. The van der Waals surface area contributed by atoms with Crippen molar-refractivity contribution in [1.82, 2.24) is 5.32 Å². The van der Waals surface area contributed by atoms with Crippen LogP contribution in [0.3, 0.4) is 0 Å². The third-order valence-electron chi connectivity index (χ3n) is 3.31. The van der Waals surface area contributed by atoms with Crippen LogP contribution in [0.1, 0.15) is 24.8 Å². The number of hydrogen-bond donors (Lipinski definition) is 1. The Hall–Kier alpha value is -0.0600. The third kappa shape index (κ3) is 3.46. The Labute approximate surface area is 115 Å². The molecular formula is C13H17BrFNS. The molecule has 2 rings (SSSR count). The number of thioether (sulfide) groups is 1. The van der Waals surface area contributed by atoms with Crippen LogP contribution in [-0.4, -0.2) is 17.5 Å². The highest BCUT2D eigenvalue weighted by Gasteiger charge is 2.25. The summed E-state index contributed by atoms with van der Waals surface area (Å²) in [5.41, 5.74) is 1.13. The molecule has 0 aliphatic heterocycles. The molecule has 1 aliphatic rings. The van der Waals surface area contributed by atoms with Crippen LogP contribution in [0.5, 0.6) is 0 Å². The number of rotatable bonds is 4. The van der Waals surface area contributed by atoms with Crippen molar-refractivity contribution in [1.29, 1.82) is 0 Å². The maximum Gasteiger partial charge on any atom is 0.137 e. The Morgan fingerprint density at radius 1 is 1.47 bits per heavy atom. The summed E-state index contributed by atoms with van der Waals surface area (Å²) in [6, 6.07) is 5.82. The van der Waals surface area contributed by atoms with E-state index in [0.717, 1.165) is 17.4 Å². The van der Waals surface area contributed by atoms with Crippen LogP contribution in [0.2, 0.25) is 0 Å². The van der Waals surface area contributed by atoms with Crippen molar-refractivity contribution >= 4 is 27.7 Å². The van der Waals surface area contributed by atoms with Gasteiger partial charge in [0.15, 0.2) is 0 Å². The highest BCUT2D eigenvalue weighted by atomic mass is 79.9. The topological polar surface area (TPSA) is 12.0 Å². The van der Waals surface area contributed by atoms with Crippen molar-refractivity contribution in [3.63, 3.8) is 0 Å². The maximum absolute atomic E-state index is 13.1. The van der Waals surface area contributed by atoms with Crippen LogP contribution in [-0.2, 0) is 6.54 Å². The largest absolute Gasteiger partial charge is 0.309 e. The second-order valence-corrected chi connectivity index (χ2v) is 6.37. The summed E-state index contributed by atoms with van der Waals surface area (Å²) >= 11 is 5.17. The fraction of sp³-hybridized carbons (Fsp3) is 0.538. The average molecular weight is 318 g/mol. The van der Waals surface area contributed by atoms with Gasteiger partial charge in [-0.1, -0.05) is 12.5 Å². The van der Waals surface area contributed by atoms with Gasteiger partial charge in [-0.25, -0.2) is 4.39 Å². The summed E-state index contributed by atoms with van der Waals surface area (Å²) in [7, 11) is 0. The number of benzene rings is 1. The van der Waals surface area contributed by atoms with Gasteiger partial charge in [-0.3, -0.25) is 0 Å². The highest BCUT2D eigenvalue weighted by Crippen LogP contribution is 2.28. The van der Waals surface area contributed by atoms with E-state index in [1.807, 2.05) is 23.9 Å². The number of nitrogens with one attached hydrogen (secondary N) is 1. The van der Waals surface area contributed by atoms with Gasteiger partial charge in [0, 0.05) is 17.8 Å². The van der Waals surface area contributed by atoms with E-state index in [2.05, 4.69) is 27.5 Å². The first-order valence-electron chi connectivity index (χ1n) is 5.91. The highest BCUT2D eigenvalue weighted by molar-refractivity contribution is 9.10. The molecule has 94 valence electrons. The summed E-state index contributed by atoms with van der Waals surface area (Å²) in [6.07, 6.45) is 6.06. The van der Waals surface area contributed by atoms with Gasteiger partial charge >= 0.3 is 0 Å². The Morgan fingerprint density at radius 2 is 2.29 bits per heavy atom. The van der Waals surface area contributed by atoms with E-state index in [1.165, 1.54) is 25.3 Å². The van der Waals surface area contributed by atoms with E-state index >= 15 is 0 Å². The first-order valence-corrected chi connectivity index (χ1v) is 7.99. The summed E-state index contributed by atoms with van der Waals surface area (Å²) < 4.78 is 13.6. The molecule has 1 nitrogen and oxygen atoms in total. The van der Waals surface area contributed by atoms with E-state index in [9.17, 15) is 4.39 Å². The van der Waals surface area contributed by atoms with Gasteiger partial charge in [0.1, 0.15) is 5.82 Å². The summed E-state index contributed by atoms with van der Waals surface area (Å²) in [5, 5.41) is 4.32. The van der Waals surface area contributed by atoms with Crippen LogP contribution >= 0.6 is 27.7 Å². The van der Waals surface area contributed by atoms with Crippen molar-refractivity contribution in [3.8, 4) is 0 Å². The van der Waals surface area contributed by atoms with Gasteiger partial charge in [-0.15, -0.1) is 0 Å². The zero-order valence-electron chi connectivity index (χ0n) is 9.88. The standard InChI is InChI=1S/C13H17BrFNS/c1-17-13-4-2-3-12(13)16-8-9-5-6-11(15)10(14)7-9/h5-7,12-13,16H,2-4,8H2,1H3. The molecule has 0 bridgehead atoms. The lowest BCUT2D eigenvalue weighted by Crippen LogP contribution is -2.33. The molecule has 1 fully saturated rings. The molecule has 2 atom stereocenters. The molecule has 1 N–H and O–H groups in total. The lowest BCUT2D eigenvalue weighted by molar-refractivity contribution is 0.531. The van der Waals surface area contributed by atoms with Crippen LogP contribution < -0.4 is 5.32 Å². The van der Waals surface area contributed by atoms with Crippen molar-refractivity contribution in [2.75, 3.05) is 6.26 Å². The summed E-state index contributed by atoms with van der Waals surface area (Å²) in [5.74, 6) is -0.198. The van der Waals surface area contributed by atoms with Gasteiger partial charge in [0.05, 0.1) is 4.47 Å². The summed E-state index contributed by atoms with van der Waals surface area (Å²) in [4.78, 5) is 0. The fourth-order valence-corrected chi connectivity index (χ4v) is 3.73. The second-order valence-electron chi connectivity index (χ2n) is 4.44. The number of halogens is 2. The SMILES string of the molecule is CSC1CCCC1NCc1ccc(F)c(Br)c1. The van der Waals surface area contributed by atoms with Gasteiger partial charge in [-0.2, -0.15) is 11.8 Å². The Balaban J connectivity index is 1.91. The first-order chi connectivity index (χ1) is 8.20.